The molecule has 2 aromatic carbocycles. The second-order valence-corrected chi connectivity index (χ2v) is 7.44. The van der Waals surface area contributed by atoms with Gasteiger partial charge >= 0.3 is 18.0 Å². The molecule has 32 heavy (non-hydrogen) atoms. The molecule has 1 aliphatic rings. The lowest BCUT2D eigenvalue weighted by atomic mass is 9.94. The van der Waals surface area contributed by atoms with Crippen LogP contribution in [0.25, 0.3) is 0 Å². The van der Waals surface area contributed by atoms with E-state index in [-0.39, 0.29) is 12.1 Å². The van der Waals surface area contributed by atoms with Crippen molar-refractivity contribution in [1.82, 2.24) is 15.5 Å². The number of hydrogen-bond donors (Lipinski definition) is 3. The Balaban J connectivity index is 1.80. The summed E-state index contributed by atoms with van der Waals surface area (Å²) in [5.74, 6) is -0.507. The Morgan fingerprint density at radius 3 is 2.56 bits per heavy atom. The number of nitrogens with one attached hydrogen (secondary N) is 3. The first-order valence-corrected chi connectivity index (χ1v) is 10.5. The molecular formula is C24H28N4O4. The molecule has 3 N–H and O–H groups in total. The van der Waals surface area contributed by atoms with Gasteiger partial charge in [0.2, 0.25) is 0 Å². The molecule has 8 nitrogen and oxygen atoms in total. The molecule has 0 bridgehead atoms. The molecule has 0 radical (unpaired) electrons. The molecular weight excluding hydrogens is 408 g/mol. The Labute approximate surface area is 187 Å². The number of anilines is 1. The first kappa shape index (κ1) is 22.9. The van der Waals surface area contributed by atoms with Crippen molar-refractivity contribution in [2.45, 2.75) is 32.9 Å². The third kappa shape index (κ3) is 5.26. The lowest BCUT2D eigenvalue weighted by Gasteiger charge is -2.35. The van der Waals surface area contributed by atoms with Gasteiger partial charge in [-0.3, -0.25) is 4.90 Å². The number of benzene rings is 2. The predicted octanol–water partition coefficient (Wildman–Crippen LogP) is 3.93. The molecule has 168 valence electrons. The van der Waals surface area contributed by atoms with E-state index in [0.717, 1.165) is 12.0 Å². The van der Waals surface area contributed by atoms with Crippen molar-refractivity contribution in [2.24, 2.45) is 0 Å². The van der Waals surface area contributed by atoms with Gasteiger partial charge in [-0.1, -0.05) is 49.4 Å². The number of amides is 4. The van der Waals surface area contributed by atoms with Crippen LogP contribution >= 0.6 is 0 Å². The molecule has 0 saturated carbocycles. The van der Waals surface area contributed by atoms with Crippen LogP contribution in [0.2, 0.25) is 0 Å². The monoisotopic (exact) mass is 436 g/mol. The molecule has 0 fully saturated rings. The minimum atomic E-state index is -0.683. The van der Waals surface area contributed by atoms with Crippen LogP contribution in [0.5, 0.6) is 0 Å². The maximum absolute atomic E-state index is 12.7. The third-order valence-electron chi connectivity index (χ3n) is 5.22. The van der Waals surface area contributed by atoms with Crippen molar-refractivity contribution in [3.05, 3.63) is 77.0 Å². The van der Waals surface area contributed by atoms with Crippen molar-refractivity contribution in [3.8, 4) is 0 Å². The van der Waals surface area contributed by atoms with Gasteiger partial charge in [0.05, 0.1) is 18.7 Å². The van der Waals surface area contributed by atoms with E-state index in [4.69, 9.17) is 4.74 Å². The number of allylic oxidation sites excluding steroid dienone is 1. The fourth-order valence-corrected chi connectivity index (χ4v) is 3.65. The van der Waals surface area contributed by atoms with Gasteiger partial charge in [0.1, 0.15) is 0 Å². The lowest BCUT2D eigenvalue weighted by molar-refractivity contribution is -0.136. The van der Waals surface area contributed by atoms with E-state index in [9.17, 15) is 14.4 Å². The van der Waals surface area contributed by atoms with Crippen LogP contribution in [-0.2, 0) is 16.1 Å². The number of methoxy groups -OCH3 is 1. The third-order valence-corrected chi connectivity index (χ3v) is 5.22. The summed E-state index contributed by atoms with van der Waals surface area (Å²) in [6.07, 6.45) is 0.751. The van der Waals surface area contributed by atoms with E-state index in [2.05, 4.69) is 16.0 Å². The van der Waals surface area contributed by atoms with Gasteiger partial charge in [-0.25, -0.2) is 14.4 Å². The molecule has 1 aliphatic heterocycles. The van der Waals surface area contributed by atoms with Gasteiger partial charge in [-0.2, -0.15) is 0 Å². The van der Waals surface area contributed by atoms with E-state index in [1.807, 2.05) is 37.3 Å². The summed E-state index contributed by atoms with van der Waals surface area (Å²) in [4.78, 5) is 39.1. The van der Waals surface area contributed by atoms with Gasteiger partial charge < -0.3 is 20.7 Å². The second-order valence-electron chi connectivity index (χ2n) is 7.44. The number of esters is 1. The maximum atomic E-state index is 12.7. The van der Waals surface area contributed by atoms with Crippen LogP contribution in [-0.4, -0.2) is 36.6 Å². The zero-order chi connectivity index (χ0) is 23.1. The van der Waals surface area contributed by atoms with Crippen molar-refractivity contribution >= 4 is 23.7 Å². The number of rotatable bonds is 7. The van der Waals surface area contributed by atoms with Crippen LogP contribution in [0.15, 0.2) is 65.9 Å². The van der Waals surface area contributed by atoms with Gasteiger partial charge in [0, 0.05) is 24.5 Å². The number of hydrogen-bond acceptors (Lipinski definition) is 4. The average molecular weight is 437 g/mol. The van der Waals surface area contributed by atoms with E-state index in [1.165, 1.54) is 7.11 Å². The number of ether oxygens (including phenoxy) is 1. The summed E-state index contributed by atoms with van der Waals surface area (Å²) >= 11 is 0. The highest BCUT2D eigenvalue weighted by Crippen LogP contribution is 2.32. The topological polar surface area (TPSA) is 99.8 Å². The van der Waals surface area contributed by atoms with Crippen LogP contribution in [0.1, 0.15) is 37.4 Å². The number of carbonyl (C=O) groups is 3. The Bertz CT molecular complexity index is 1020. The van der Waals surface area contributed by atoms with E-state index >= 15 is 0 Å². The number of urea groups is 2. The summed E-state index contributed by atoms with van der Waals surface area (Å²) in [5, 5.41) is 8.49. The fraction of sp³-hybridized carbons (Fsp3) is 0.292. The molecule has 4 amide bonds. The lowest BCUT2D eigenvalue weighted by Crippen LogP contribution is -2.48. The molecule has 1 heterocycles. The molecule has 8 heteroatoms. The molecule has 0 aliphatic carbocycles. The van der Waals surface area contributed by atoms with Gasteiger partial charge in [-0.05, 0) is 36.6 Å². The van der Waals surface area contributed by atoms with Crippen LogP contribution in [0.4, 0.5) is 15.3 Å². The molecule has 0 saturated heterocycles. The summed E-state index contributed by atoms with van der Waals surface area (Å²) in [6.45, 7) is 4.59. The normalized spacial score (nSPS) is 15.8. The van der Waals surface area contributed by atoms with Crippen molar-refractivity contribution in [2.75, 3.05) is 19.0 Å². The summed E-state index contributed by atoms with van der Waals surface area (Å²) in [7, 11) is 1.31. The summed E-state index contributed by atoms with van der Waals surface area (Å²) < 4.78 is 4.99. The smallest absolute Gasteiger partial charge is 0.337 e. The van der Waals surface area contributed by atoms with Crippen LogP contribution < -0.4 is 16.0 Å². The maximum Gasteiger partial charge on any atom is 0.337 e. The van der Waals surface area contributed by atoms with Crippen molar-refractivity contribution in [3.63, 3.8) is 0 Å². The molecule has 3 rings (SSSR count). The van der Waals surface area contributed by atoms with Crippen molar-refractivity contribution in [1.29, 1.82) is 0 Å². The van der Waals surface area contributed by atoms with Crippen molar-refractivity contribution < 1.29 is 19.1 Å². The Morgan fingerprint density at radius 1 is 1.12 bits per heavy atom. The van der Waals surface area contributed by atoms with Gasteiger partial charge in [0.15, 0.2) is 0 Å². The standard InChI is InChI=1S/C24H28N4O4/c1-4-13-28-16(2)20(22(29)32-3)21(27-24(28)31)18-11-8-12-19(14-18)26-23(30)25-15-17-9-6-5-7-10-17/h5-12,14,21H,4,13,15H2,1-3H3,(H,27,31)(H2,25,26,30). The molecule has 1 unspecified atom stereocenters. The van der Waals surface area contributed by atoms with E-state index in [0.29, 0.717) is 35.6 Å². The van der Waals surface area contributed by atoms with Gasteiger partial charge in [0.25, 0.3) is 0 Å². The minimum Gasteiger partial charge on any atom is -0.466 e. The Morgan fingerprint density at radius 2 is 1.88 bits per heavy atom. The Kier molecular flexibility index (Phi) is 7.49. The zero-order valence-corrected chi connectivity index (χ0v) is 18.5. The number of nitrogens with zero attached hydrogens (tertiary/aromatic N) is 1. The molecule has 0 aromatic heterocycles. The van der Waals surface area contributed by atoms with Crippen LogP contribution in [0.3, 0.4) is 0 Å². The first-order chi connectivity index (χ1) is 15.4. The summed E-state index contributed by atoms with van der Waals surface area (Å²) in [5.41, 5.74) is 3.12. The number of carbonyl (C=O) groups excluding carboxylic acids is 3. The van der Waals surface area contributed by atoms with Gasteiger partial charge in [-0.15, -0.1) is 0 Å². The Hall–Kier alpha value is -3.81. The van der Waals surface area contributed by atoms with Crippen LogP contribution in [0, 0.1) is 0 Å². The highest BCUT2D eigenvalue weighted by Gasteiger charge is 2.35. The largest absolute Gasteiger partial charge is 0.466 e. The highest BCUT2D eigenvalue weighted by atomic mass is 16.5. The first-order valence-electron chi connectivity index (χ1n) is 10.5. The zero-order valence-electron chi connectivity index (χ0n) is 18.5. The quantitative estimate of drug-likeness (QED) is 0.573. The molecule has 2 aromatic rings. The highest BCUT2D eigenvalue weighted by molar-refractivity contribution is 5.95. The predicted molar refractivity (Wildman–Crippen MR) is 122 cm³/mol. The molecule has 0 spiro atoms. The van der Waals surface area contributed by atoms with E-state index in [1.54, 1.807) is 36.1 Å². The second kappa shape index (κ2) is 10.5. The average Bonchev–Trinajstić information content (AvgIpc) is 2.80. The SMILES string of the molecule is CCCN1C(=O)NC(c2cccc(NC(=O)NCc3ccccc3)c2)C(C(=O)OC)=C1C. The minimum absolute atomic E-state index is 0.277. The fourth-order valence-electron chi connectivity index (χ4n) is 3.65. The summed E-state index contributed by atoms with van der Waals surface area (Å²) in [6, 6.07) is 15.3. The molecule has 1 atom stereocenters. The van der Waals surface area contributed by atoms with E-state index < -0.39 is 12.0 Å².